The van der Waals surface area contributed by atoms with Crippen molar-refractivity contribution in [3.8, 4) is 0 Å². The van der Waals surface area contributed by atoms with Crippen LogP contribution in [0, 0.1) is 12.8 Å². The minimum Gasteiger partial charge on any atom is -0.458 e. The third kappa shape index (κ3) is 3.94. The van der Waals surface area contributed by atoms with Gasteiger partial charge in [0, 0.05) is 4.88 Å². The molecule has 0 saturated carbocycles. The van der Waals surface area contributed by atoms with Crippen LogP contribution in [-0.2, 0) is 9.53 Å². The van der Waals surface area contributed by atoms with Gasteiger partial charge in [0.15, 0.2) is 0 Å². The summed E-state index contributed by atoms with van der Waals surface area (Å²) in [4.78, 5) is 23.1. The van der Waals surface area contributed by atoms with Crippen molar-refractivity contribution in [1.82, 2.24) is 9.97 Å². The zero-order valence-corrected chi connectivity index (χ0v) is 14.7. The predicted octanol–water partition coefficient (Wildman–Crippen LogP) is 3.78. The van der Waals surface area contributed by atoms with Crippen molar-refractivity contribution >= 4 is 33.3 Å². The van der Waals surface area contributed by atoms with Crippen molar-refractivity contribution in [2.45, 2.75) is 53.2 Å². The fourth-order valence-electron chi connectivity index (χ4n) is 2.10. The summed E-state index contributed by atoms with van der Waals surface area (Å²) in [5.74, 6) is 0.500. The van der Waals surface area contributed by atoms with Crippen LogP contribution in [0.2, 0.25) is 0 Å². The van der Waals surface area contributed by atoms with Crippen LogP contribution < -0.4 is 5.32 Å². The molecule has 0 radical (unpaired) electrons. The molecule has 6 heteroatoms. The van der Waals surface area contributed by atoms with E-state index in [1.54, 1.807) is 11.3 Å². The predicted molar refractivity (Wildman–Crippen MR) is 90.2 cm³/mol. The first-order valence-electron chi connectivity index (χ1n) is 7.38. The molecule has 0 aliphatic carbocycles. The van der Waals surface area contributed by atoms with E-state index in [-0.39, 0.29) is 11.9 Å². The first-order valence-corrected chi connectivity index (χ1v) is 8.19. The zero-order valence-electron chi connectivity index (χ0n) is 13.9. The Morgan fingerprint density at radius 1 is 1.32 bits per heavy atom. The molecule has 120 valence electrons. The maximum Gasteiger partial charge on any atom is 0.329 e. The van der Waals surface area contributed by atoms with E-state index in [2.05, 4.69) is 15.3 Å². The summed E-state index contributed by atoms with van der Waals surface area (Å²) in [5, 5.41) is 4.18. The molecule has 0 aliphatic rings. The average Bonchev–Trinajstić information content (AvgIpc) is 2.74. The summed E-state index contributed by atoms with van der Waals surface area (Å²) in [6, 6.07) is 1.59. The van der Waals surface area contributed by atoms with Gasteiger partial charge in [0.25, 0.3) is 0 Å². The van der Waals surface area contributed by atoms with Crippen molar-refractivity contribution in [3.63, 3.8) is 0 Å². The first kappa shape index (κ1) is 16.7. The van der Waals surface area contributed by atoms with Gasteiger partial charge in [0.1, 0.15) is 28.6 Å². The highest BCUT2D eigenvalue weighted by atomic mass is 32.1. The molecular formula is C16H23N3O2S. The van der Waals surface area contributed by atoms with Crippen LogP contribution in [0.3, 0.4) is 0 Å². The Balaban J connectivity index is 2.29. The molecule has 2 rings (SSSR count). The topological polar surface area (TPSA) is 64.1 Å². The molecule has 0 aromatic carbocycles. The van der Waals surface area contributed by atoms with Crippen LogP contribution in [0.4, 0.5) is 5.82 Å². The van der Waals surface area contributed by atoms with Crippen molar-refractivity contribution in [1.29, 1.82) is 0 Å². The number of thiophene rings is 1. The zero-order chi connectivity index (χ0) is 16.5. The molecule has 22 heavy (non-hydrogen) atoms. The lowest BCUT2D eigenvalue weighted by Gasteiger charge is -2.26. The minimum atomic E-state index is -0.508. The molecule has 0 bridgehead atoms. The number of ether oxygens (including phenoxy) is 1. The Morgan fingerprint density at radius 2 is 2.00 bits per heavy atom. The molecule has 0 aliphatic heterocycles. The summed E-state index contributed by atoms with van der Waals surface area (Å²) >= 11 is 1.61. The number of esters is 1. The summed E-state index contributed by atoms with van der Waals surface area (Å²) in [5.41, 5.74) is -0.508. The monoisotopic (exact) mass is 321 g/mol. The molecule has 2 heterocycles. The molecule has 5 nitrogen and oxygen atoms in total. The van der Waals surface area contributed by atoms with Crippen LogP contribution >= 0.6 is 11.3 Å². The van der Waals surface area contributed by atoms with Crippen LogP contribution in [-0.4, -0.2) is 27.6 Å². The van der Waals surface area contributed by atoms with Gasteiger partial charge < -0.3 is 10.1 Å². The molecule has 0 spiro atoms. The molecule has 2 aromatic heterocycles. The molecule has 0 saturated heterocycles. The number of carbonyl (C=O) groups excluding carboxylic acids is 1. The van der Waals surface area contributed by atoms with Crippen LogP contribution in [0.5, 0.6) is 0 Å². The lowest BCUT2D eigenvalue weighted by molar-refractivity contribution is -0.156. The summed E-state index contributed by atoms with van der Waals surface area (Å²) in [6.45, 7) is 11.6. The van der Waals surface area contributed by atoms with Crippen molar-refractivity contribution in [3.05, 3.63) is 17.3 Å². The standard InChI is InChI=1S/C16H23N3O2S/c1-9(2)12(15(20)21-16(4,5)6)19-13-11-7-10(3)22-14(11)18-8-17-13/h7-9,12H,1-6H3,(H,17,18,19)/t12-/m0/s1. The SMILES string of the molecule is Cc1cc2c(N[C@H](C(=O)OC(C)(C)C)C(C)C)ncnc2s1. The van der Waals surface area contributed by atoms with Gasteiger partial charge in [-0.15, -0.1) is 11.3 Å². The van der Waals surface area contributed by atoms with Gasteiger partial charge in [-0.1, -0.05) is 13.8 Å². The fraction of sp³-hybridized carbons (Fsp3) is 0.562. The fourth-order valence-corrected chi connectivity index (χ4v) is 2.95. The molecule has 2 aromatic rings. The first-order chi connectivity index (χ1) is 10.2. The summed E-state index contributed by atoms with van der Waals surface area (Å²) < 4.78 is 5.51. The van der Waals surface area contributed by atoms with Crippen LogP contribution in [0.1, 0.15) is 39.5 Å². The number of rotatable bonds is 4. The van der Waals surface area contributed by atoms with E-state index in [9.17, 15) is 4.79 Å². The highest BCUT2D eigenvalue weighted by Crippen LogP contribution is 2.28. The van der Waals surface area contributed by atoms with Crippen LogP contribution in [0.25, 0.3) is 10.2 Å². The van der Waals surface area contributed by atoms with E-state index in [1.165, 1.54) is 6.33 Å². The van der Waals surface area contributed by atoms with Gasteiger partial charge in [-0.3, -0.25) is 0 Å². The second kappa shape index (κ2) is 6.20. The molecule has 0 unspecified atom stereocenters. The summed E-state index contributed by atoms with van der Waals surface area (Å²) in [7, 11) is 0. The van der Waals surface area contributed by atoms with E-state index >= 15 is 0 Å². The number of hydrogen-bond donors (Lipinski definition) is 1. The second-order valence-electron chi connectivity index (χ2n) is 6.70. The van der Waals surface area contributed by atoms with E-state index in [0.29, 0.717) is 5.82 Å². The van der Waals surface area contributed by atoms with Crippen molar-refractivity contribution in [2.24, 2.45) is 5.92 Å². The van der Waals surface area contributed by atoms with E-state index in [1.807, 2.05) is 47.6 Å². The average molecular weight is 321 g/mol. The Kier molecular flexibility index (Phi) is 4.70. The maximum atomic E-state index is 12.4. The van der Waals surface area contributed by atoms with Gasteiger partial charge in [-0.25, -0.2) is 14.8 Å². The number of aryl methyl sites for hydroxylation is 1. The quantitative estimate of drug-likeness (QED) is 0.868. The second-order valence-corrected chi connectivity index (χ2v) is 7.93. The Labute approximate surface area is 135 Å². The minimum absolute atomic E-state index is 0.0830. The molecule has 1 N–H and O–H groups in total. The van der Waals surface area contributed by atoms with Gasteiger partial charge in [-0.05, 0) is 39.7 Å². The lowest BCUT2D eigenvalue weighted by Crippen LogP contribution is -2.40. The molecule has 0 fully saturated rings. The number of carbonyl (C=O) groups is 1. The third-order valence-corrected chi connectivity index (χ3v) is 4.03. The molecule has 1 atom stereocenters. The highest BCUT2D eigenvalue weighted by molar-refractivity contribution is 7.18. The normalized spacial score (nSPS) is 13.4. The Bertz CT molecular complexity index is 674. The van der Waals surface area contributed by atoms with Crippen molar-refractivity contribution in [2.75, 3.05) is 5.32 Å². The Morgan fingerprint density at radius 3 is 2.59 bits per heavy atom. The molecule has 0 amide bonds. The van der Waals surface area contributed by atoms with Gasteiger partial charge >= 0.3 is 5.97 Å². The number of aromatic nitrogens is 2. The van der Waals surface area contributed by atoms with Gasteiger partial charge in [-0.2, -0.15) is 0 Å². The van der Waals surface area contributed by atoms with E-state index in [0.717, 1.165) is 15.1 Å². The number of anilines is 1. The lowest BCUT2D eigenvalue weighted by atomic mass is 10.0. The smallest absolute Gasteiger partial charge is 0.329 e. The highest BCUT2D eigenvalue weighted by Gasteiger charge is 2.28. The maximum absolute atomic E-state index is 12.4. The van der Waals surface area contributed by atoms with Gasteiger partial charge in [0.2, 0.25) is 0 Å². The number of hydrogen-bond acceptors (Lipinski definition) is 6. The number of nitrogens with one attached hydrogen (secondary N) is 1. The summed E-state index contributed by atoms with van der Waals surface area (Å²) in [6.07, 6.45) is 1.52. The number of nitrogens with zero attached hydrogens (tertiary/aromatic N) is 2. The van der Waals surface area contributed by atoms with Gasteiger partial charge in [0.05, 0.1) is 5.39 Å². The third-order valence-electron chi connectivity index (χ3n) is 3.07. The Hall–Kier alpha value is -1.69. The number of fused-ring (bicyclic) bond motifs is 1. The largest absolute Gasteiger partial charge is 0.458 e. The van der Waals surface area contributed by atoms with Crippen molar-refractivity contribution < 1.29 is 9.53 Å². The van der Waals surface area contributed by atoms with Crippen LogP contribution in [0.15, 0.2) is 12.4 Å². The van der Waals surface area contributed by atoms with E-state index < -0.39 is 11.6 Å². The molecular weight excluding hydrogens is 298 g/mol. The van der Waals surface area contributed by atoms with E-state index in [4.69, 9.17) is 4.74 Å².